The molecule has 0 aliphatic rings. The molecule has 0 fully saturated rings. The van der Waals surface area contributed by atoms with Crippen molar-refractivity contribution in [3.8, 4) is 0 Å². The average Bonchev–Trinajstić information content (AvgIpc) is 3.12. The molecular formula is C42H80NO8P. The van der Waals surface area contributed by atoms with Crippen molar-refractivity contribution in [3.05, 3.63) is 24.3 Å². The molecule has 10 heteroatoms. The van der Waals surface area contributed by atoms with Gasteiger partial charge >= 0.3 is 19.8 Å². The number of rotatable bonds is 40. The minimum atomic E-state index is -4.35. The van der Waals surface area contributed by atoms with Crippen molar-refractivity contribution in [3.63, 3.8) is 0 Å². The summed E-state index contributed by atoms with van der Waals surface area (Å²) in [6.45, 7) is 4.20. The Hall–Kier alpha value is -1.51. The van der Waals surface area contributed by atoms with Gasteiger partial charge in [0.05, 0.1) is 13.2 Å². The second-order valence-electron chi connectivity index (χ2n) is 14.2. The van der Waals surface area contributed by atoms with Gasteiger partial charge in [-0.1, -0.05) is 160 Å². The second-order valence-corrected chi connectivity index (χ2v) is 15.6. The van der Waals surface area contributed by atoms with Crippen LogP contribution in [-0.4, -0.2) is 56.3 Å². The summed E-state index contributed by atoms with van der Waals surface area (Å²) in [5.41, 5.74) is 0. The third-order valence-corrected chi connectivity index (χ3v) is 10.1. The van der Waals surface area contributed by atoms with Crippen LogP contribution in [0.5, 0.6) is 0 Å². The smallest absolute Gasteiger partial charge is 0.462 e. The summed E-state index contributed by atoms with van der Waals surface area (Å²) < 4.78 is 33.1. The molecule has 0 aromatic heterocycles. The molecule has 2 atom stereocenters. The lowest BCUT2D eigenvalue weighted by molar-refractivity contribution is -0.161. The second kappa shape index (κ2) is 39.2. The molecule has 9 nitrogen and oxygen atoms in total. The first-order chi connectivity index (χ1) is 25.3. The molecule has 0 saturated carbocycles. The normalized spacial score (nSPS) is 13.5. The first-order valence-electron chi connectivity index (χ1n) is 21.3. The lowest BCUT2D eigenvalue weighted by Crippen LogP contribution is -2.29. The molecule has 0 aliphatic heterocycles. The van der Waals surface area contributed by atoms with Crippen molar-refractivity contribution >= 4 is 19.8 Å². The summed E-state index contributed by atoms with van der Waals surface area (Å²) in [5, 5.41) is 2.82. The van der Waals surface area contributed by atoms with Crippen LogP contribution in [0.3, 0.4) is 0 Å². The summed E-state index contributed by atoms with van der Waals surface area (Å²) in [7, 11) is -2.65. The molecule has 0 heterocycles. The zero-order valence-electron chi connectivity index (χ0n) is 33.8. The number of unbranched alkanes of at least 4 members (excludes halogenated alkanes) is 22. The predicted octanol–water partition coefficient (Wildman–Crippen LogP) is 11.9. The molecule has 0 spiro atoms. The molecule has 0 aromatic rings. The fourth-order valence-electron chi connectivity index (χ4n) is 5.82. The van der Waals surface area contributed by atoms with E-state index in [-0.39, 0.29) is 32.0 Å². The topological polar surface area (TPSA) is 120 Å². The number of nitrogens with one attached hydrogen (secondary N) is 1. The third kappa shape index (κ3) is 38.2. The Labute approximate surface area is 319 Å². The Kier molecular flexibility index (Phi) is 38.1. The molecule has 0 amide bonds. The van der Waals surface area contributed by atoms with E-state index in [1.54, 1.807) is 7.05 Å². The van der Waals surface area contributed by atoms with Crippen molar-refractivity contribution < 1.29 is 37.6 Å². The van der Waals surface area contributed by atoms with Crippen LogP contribution in [0.4, 0.5) is 0 Å². The van der Waals surface area contributed by atoms with Crippen LogP contribution in [0.2, 0.25) is 0 Å². The number of carbonyl (C=O) groups is 2. The molecule has 0 saturated heterocycles. The Morgan fingerprint density at radius 3 is 1.56 bits per heavy atom. The number of hydrogen-bond acceptors (Lipinski definition) is 8. The molecule has 0 bridgehead atoms. The summed E-state index contributed by atoms with van der Waals surface area (Å²) in [5.74, 6) is -0.816. The number of ether oxygens (including phenoxy) is 2. The van der Waals surface area contributed by atoms with E-state index in [9.17, 15) is 19.0 Å². The highest BCUT2D eigenvalue weighted by Crippen LogP contribution is 2.43. The van der Waals surface area contributed by atoms with E-state index in [0.29, 0.717) is 13.0 Å². The monoisotopic (exact) mass is 758 g/mol. The van der Waals surface area contributed by atoms with Crippen LogP contribution < -0.4 is 5.32 Å². The highest BCUT2D eigenvalue weighted by atomic mass is 31.2. The zero-order chi connectivity index (χ0) is 38.2. The van der Waals surface area contributed by atoms with E-state index in [2.05, 4.69) is 43.5 Å². The number of likely N-dealkylation sites (N-methyl/N-ethyl adjacent to an activating group) is 1. The van der Waals surface area contributed by atoms with Crippen LogP contribution in [0.25, 0.3) is 0 Å². The van der Waals surface area contributed by atoms with Crippen molar-refractivity contribution in [2.75, 3.05) is 33.4 Å². The Bertz CT molecular complexity index is 912. The van der Waals surface area contributed by atoms with Gasteiger partial charge in [-0.05, 0) is 52.0 Å². The van der Waals surface area contributed by atoms with Crippen LogP contribution >= 0.6 is 7.82 Å². The SMILES string of the molecule is CCCCC/C=C\C/C=C\CCCCCCCC(=O)OCC(COP(=O)(O)OCCNC)OC(=O)CCCCCCCCCCCCCCCCC. The Balaban J connectivity index is 4.24. The van der Waals surface area contributed by atoms with Crippen LogP contribution in [0.15, 0.2) is 24.3 Å². The van der Waals surface area contributed by atoms with E-state index in [1.807, 2.05) is 0 Å². The van der Waals surface area contributed by atoms with Crippen molar-refractivity contribution in [1.82, 2.24) is 5.32 Å². The maximum absolute atomic E-state index is 12.6. The molecule has 2 N–H and O–H groups in total. The third-order valence-electron chi connectivity index (χ3n) is 9.07. The lowest BCUT2D eigenvalue weighted by Gasteiger charge is -2.20. The first-order valence-corrected chi connectivity index (χ1v) is 22.8. The molecule has 52 heavy (non-hydrogen) atoms. The standard InChI is InChI=1S/C42H80NO8P/c1-4-6-8-10-12-14-16-18-20-22-24-26-28-30-32-34-41(44)48-38-40(39-50-52(46,47)49-37-36-43-3)51-42(45)35-33-31-29-27-25-23-21-19-17-15-13-11-9-7-5-2/h12,14,18,20,40,43H,4-11,13,15-17,19,21-39H2,1-3H3,(H,46,47)/b14-12-,20-18-. The number of allylic oxidation sites excluding steroid dienone is 4. The molecule has 0 rings (SSSR count). The predicted molar refractivity (Wildman–Crippen MR) is 215 cm³/mol. The number of hydrogen-bond donors (Lipinski definition) is 2. The highest BCUT2D eigenvalue weighted by Gasteiger charge is 2.26. The minimum Gasteiger partial charge on any atom is -0.462 e. The van der Waals surface area contributed by atoms with Gasteiger partial charge in [0.2, 0.25) is 0 Å². The summed E-state index contributed by atoms with van der Waals surface area (Å²) in [4.78, 5) is 35.0. The average molecular weight is 758 g/mol. The van der Waals surface area contributed by atoms with Crippen LogP contribution in [-0.2, 0) is 32.7 Å². The largest absolute Gasteiger partial charge is 0.472 e. The van der Waals surface area contributed by atoms with Crippen molar-refractivity contribution in [2.24, 2.45) is 0 Å². The van der Waals surface area contributed by atoms with E-state index in [1.165, 1.54) is 103 Å². The van der Waals surface area contributed by atoms with E-state index in [0.717, 1.165) is 57.8 Å². The van der Waals surface area contributed by atoms with Gasteiger partial charge in [0.25, 0.3) is 0 Å². The number of carbonyl (C=O) groups excluding carboxylic acids is 2. The Morgan fingerprint density at radius 2 is 1.04 bits per heavy atom. The molecule has 306 valence electrons. The van der Waals surface area contributed by atoms with Gasteiger partial charge in [-0.2, -0.15) is 0 Å². The first kappa shape index (κ1) is 50.5. The quantitative estimate of drug-likeness (QED) is 0.0272. The molecule has 0 aliphatic carbocycles. The van der Waals surface area contributed by atoms with Crippen molar-refractivity contribution in [2.45, 2.75) is 200 Å². The van der Waals surface area contributed by atoms with E-state index in [4.69, 9.17) is 18.5 Å². The fraction of sp³-hybridized carbons (Fsp3) is 0.857. The van der Waals surface area contributed by atoms with Gasteiger partial charge in [-0.25, -0.2) is 4.57 Å². The van der Waals surface area contributed by atoms with Gasteiger partial charge in [-0.3, -0.25) is 18.6 Å². The number of phosphoric acid groups is 1. The van der Waals surface area contributed by atoms with Gasteiger partial charge < -0.3 is 19.7 Å². The molecule has 0 aromatic carbocycles. The van der Waals surface area contributed by atoms with E-state index < -0.39 is 26.5 Å². The molecule has 2 unspecified atom stereocenters. The fourth-order valence-corrected chi connectivity index (χ4v) is 6.57. The lowest BCUT2D eigenvalue weighted by atomic mass is 10.0. The van der Waals surface area contributed by atoms with Gasteiger partial charge in [0.15, 0.2) is 6.10 Å². The number of esters is 2. The zero-order valence-corrected chi connectivity index (χ0v) is 34.7. The van der Waals surface area contributed by atoms with Gasteiger partial charge in [0, 0.05) is 19.4 Å². The molecule has 0 radical (unpaired) electrons. The van der Waals surface area contributed by atoms with Crippen LogP contribution in [0, 0.1) is 0 Å². The summed E-state index contributed by atoms with van der Waals surface area (Å²) in [6.07, 6.45) is 39.3. The summed E-state index contributed by atoms with van der Waals surface area (Å²) in [6, 6.07) is 0. The maximum atomic E-state index is 12.6. The minimum absolute atomic E-state index is 0.0174. The van der Waals surface area contributed by atoms with Crippen molar-refractivity contribution in [1.29, 1.82) is 0 Å². The summed E-state index contributed by atoms with van der Waals surface area (Å²) >= 11 is 0. The van der Waals surface area contributed by atoms with Gasteiger partial charge in [-0.15, -0.1) is 0 Å². The highest BCUT2D eigenvalue weighted by molar-refractivity contribution is 7.47. The Morgan fingerprint density at radius 1 is 0.596 bits per heavy atom. The van der Waals surface area contributed by atoms with E-state index >= 15 is 0 Å². The number of phosphoric ester groups is 1. The van der Waals surface area contributed by atoms with Gasteiger partial charge in [0.1, 0.15) is 6.61 Å². The van der Waals surface area contributed by atoms with Crippen LogP contribution in [0.1, 0.15) is 194 Å². The molecular weight excluding hydrogens is 677 g/mol. The maximum Gasteiger partial charge on any atom is 0.472 e.